The van der Waals surface area contributed by atoms with E-state index in [1.807, 2.05) is 0 Å². The predicted octanol–water partition coefficient (Wildman–Crippen LogP) is 1.35. The fourth-order valence-electron chi connectivity index (χ4n) is 3.42. The van der Waals surface area contributed by atoms with Crippen molar-refractivity contribution in [2.45, 2.75) is 54.9 Å². The molecule has 0 bridgehead atoms. The third kappa shape index (κ3) is 4.45. The van der Waals surface area contributed by atoms with E-state index in [2.05, 4.69) is 10.6 Å². The summed E-state index contributed by atoms with van der Waals surface area (Å²) < 4.78 is 22.6. The highest BCUT2D eigenvalue weighted by Gasteiger charge is 2.38. The topological polar surface area (TPSA) is 101 Å². The molecule has 9 heteroatoms. The number of hydrogen-bond acceptors (Lipinski definition) is 5. The largest absolute Gasteiger partial charge is 0.350 e. The Kier molecular flexibility index (Phi) is 6.07. The lowest BCUT2D eigenvalue weighted by atomic mass is 9.85. The lowest BCUT2D eigenvalue weighted by Gasteiger charge is -2.24. The van der Waals surface area contributed by atoms with Crippen LogP contribution in [0.1, 0.15) is 37.0 Å². The Bertz CT molecular complexity index is 648. The molecule has 3 rings (SSSR count). The van der Waals surface area contributed by atoms with Crippen molar-refractivity contribution in [3.63, 3.8) is 0 Å². The van der Waals surface area contributed by atoms with E-state index in [9.17, 15) is 13.2 Å². The van der Waals surface area contributed by atoms with Crippen LogP contribution < -0.4 is 15.8 Å². The first-order chi connectivity index (χ1) is 10.4. The third-order valence-corrected chi connectivity index (χ3v) is 7.06. The molecule has 130 valence electrons. The van der Waals surface area contributed by atoms with Crippen molar-refractivity contribution in [3.8, 4) is 0 Å². The predicted molar refractivity (Wildman–Crippen MR) is 92.1 cm³/mol. The standard InChI is InChI=1S/C14H21N3O3S2.ClH/c15-22(19,20)13-6-5-10(21-13)8-16-14(18)12-7-9-3-1-2-4-11(9)17-12;/h5-6,9,11-12,17H,1-4,7-8H2,(H,16,18)(H2,15,19,20);1H. The molecule has 2 heterocycles. The van der Waals surface area contributed by atoms with Crippen LogP contribution in [-0.4, -0.2) is 26.4 Å². The zero-order valence-electron chi connectivity index (χ0n) is 12.7. The minimum absolute atomic E-state index is 0. The number of hydrogen-bond donors (Lipinski definition) is 3. The van der Waals surface area contributed by atoms with E-state index in [1.165, 1.54) is 25.3 Å². The van der Waals surface area contributed by atoms with Crippen molar-refractivity contribution in [1.29, 1.82) is 0 Å². The minimum Gasteiger partial charge on any atom is -0.350 e. The lowest BCUT2D eigenvalue weighted by Crippen LogP contribution is -2.42. The van der Waals surface area contributed by atoms with E-state index < -0.39 is 10.0 Å². The van der Waals surface area contributed by atoms with Gasteiger partial charge in [0.1, 0.15) is 4.21 Å². The summed E-state index contributed by atoms with van der Waals surface area (Å²) in [5.74, 6) is 0.625. The van der Waals surface area contributed by atoms with Crippen LogP contribution in [0, 0.1) is 5.92 Å². The zero-order chi connectivity index (χ0) is 15.7. The molecule has 0 aromatic carbocycles. The molecule has 0 radical (unpaired) electrons. The molecule has 1 amide bonds. The normalized spacial score (nSPS) is 27.1. The van der Waals surface area contributed by atoms with E-state index in [-0.39, 0.29) is 28.6 Å². The van der Waals surface area contributed by atoms with Crippen LogP contribution in [-0.2, 0) is 21.4 Å². The highest BCUT2D eigenvalue weighted by Crippen LogP contribution is 2.33. The molecule has 23 heavy (non-hydrogen) atoms. The molecule has 2 aliphatic rings. The fourth-order valence-corrected chi connectivity index (χ4v) is 5.14. The van der Waals surface area contributed by atoms with E-state index in [4.69, 9.17) is 5.14 Å². The Morgan fingerprint density at radius 3 is 2.74 bits per heavy atom. The molecule has 0 spiro atoms. The highest BCUT2D eigenvalue weighted by molar-refractivity contribution is 7.91. The van der Waals surface area contributed by atoms with Crippen LogP contribution in [0.25, 0.3) is 0 Å². The lowest BCUT2D eigenvalue weighted by molar-refractivity contribution is -0.123. The summed E-state index contributed by atoms with van der Waals surface area (Å²) in [6.45, 7) is 0.340. The van der Waals surface area contributed by atoms with Gasteiger partial charge in [-0.05, 0) is 37.3 Å². The first kappa shape index (κ1) is 18.7. The average Bonchev–Trinajstić information content (AvgIpc) is 3.10. The van der Waals surface area contributed by atoms with Gasteiger partial charge >= 0.3 is 0 Å². The Morgan fingerprint density at radius 2 is 2.09 bits per heavy atom. The number of carbonyl (C=O) groups is 1. The van der Waals surface area contributed by atoms with E-state index in [0.29, 0.717) is 18.5 Å². The van der Waals surface area contributed by atoms with Crippen LogP contribution in [0.5, 0.6) is 0 Å². The van der Waals surface area contributed by atoms with E-state index in [1.54, 1.807) is 6.07 Å². The molecular formula is C14H22ClN3O3S2. The second-order valence-electron chi connectivity index (χ2n) is 6.09. The van der Waals surface area contributed by atoms with Gasteiger partial charge in [-0.2, -0.15) is 0 Å². The van der Waals surface area contributed by atoms with Crippen LogP contribution >= 0.6 is 23.7 Å². The second-order valence-corrected chi connectivity index (χ2v) is 9.05. The summed E-state index contributed by atoms with van der Waals surface area (Å²) in [5.41, 5.74) is 0. The summed E-state index contributed by atoms with van der Waals surface area (Å²) in [7, 11) is -3.66. The van der Waals surface area contributed by atoms with E-state index in [0.717, 1.165) is 29.1 Å². The van der Waals surface area contributed by atoms with Gasteiger partial charge in [0.05, 0.1) is 12.6 Å². The van der Waals surface area contributed by atoms with Gasteiger partial charge in [-0.15, -0.1) is 23.7 Å². The van der Waals surface area contributed by atoms with Gasteiger partial charge < -0.3 is 10.6 Å². The van der Waals surface area contributed by atoms with Gasteiger partial charge in [0.15, 0.2) is 0 Å². The molecule has 1 aliphatic carbocycles. The Balaban J connectivity index is 0.00000192. The SMILES string of the molecule is Cl.NS(=O)(=O)c1ccc(CNC(=O)C2CC3CCCCC3N2)s1. The maximum atomic E-state index is 12.3. The highest BCUT2D eigenvalue weighted by atomic mass is 35.5. The number of fused-ring (bicyclic) bond motifs is 1. The quantitative estimate of drug-likeness (QED) is 0.735. The first-order valence-electron chi connectivity index (χ1n) is 7.59. The first-order valence-corrected chi connectivity index (χ1v) is 9.95. The Labute approximate surface area is 146 Å². The molecule has 1 aromatic heterocycles. The van der Waals surface area contributed by atoms with Gasteiger partial charge in [0.25, 0.3) is 0 Å². The molecular weight excluding hydrogens is 358 g/mol. The van der Waals surface area contributed by atoms with Crippen LogP contribution in [0.3, 0.4) is 0 Å². The molecule has 3 unspecified atom stereocenters. The van der Waals surface area contributed by atoms with E-state index >= 15 is 0 Å². The number of sulfonamides is 1. The number of nitrogens with one attached hydrogen (secondary N) is 2. The maximum absolute atomic E-state index is 12.3. The van der Waals surface area contributed by atoms with Gasteiger partial charge in [-0.3, -0.25) is 4.79 Å². The van der Waals surface area contributed by atoms with Gasteiger partial charge in [-0.1, -0.05) is 12.8 Å². The third-order valence-electron chi connectivity index (χ3n) is 4.53. The summed E-state index contributed by atoms with van der Waals surface area (Å²) in [6.07, 6.45) is 5.79. The van der Waals surface area contributed by atoms with Gasteiger partial charge in [-0.25, -0.2) is 13.6 Å². The molecule has 3 atom stereocenters. The van der Waals surface area contributed by atoms with Crippen molar-refractivity contribution in [2.24, 2.45) is 11.1 Å². The molecule has 4 N–H and O–H groups in total. The molecule has 6 nitrogen and oxygen atoms in total. The summed E-state index contributed by atoms with van der Waals surface area (Å²) in [6, 6.07) is 3.53. The number of thiophene rings is 1. The molecule has 1 saturated heterocycles. The number of rotatable bonds is 4. The van der Waals surface area contributed by atoms with Crippen molar-refractivity contribution < 1.29 is 13.2 Å². The maximum Gasteiger partial charge on any atom is 0.247 e. The van der Waals surface area contributed by atoms with Crippen LogP contribution in [0.15, 0.2) is 16.3 Å². The van der Waals surface area contributed by atoms with Crippen molar-refractivity contribution in [3.05, 3.63) is 17.0 Å². The number of primary sulfonamides is 1. The summed E-state index contributed by atoms with van der Waals surface area (Å²) >= 11 is 1.10. The van der Waals surface area contributed by atoms with Crippen LogP contribution in [0.4, 0.5) is 0 Å². The Hall–Kier alpha value is -0.670. The minimum atomic E-state index is -3.66. The number of carbonyl (C=O) groups excluding carboxylic acids is 1. The average molecular weight is 380 g/mol. The summed E-state index contributed by atoms with van der Waals surface area (Å²) in [4.78, 5) is 13.0. The number of halogens is 1. The monoisotopic (exact) mass is 379 g/mol. The summed E-state index contributed by atoms with van der Waals surface area (Å²) in [5, 5.41) is 11.4. The van der Waals surface area contributed by atoms with Crippen molar-refractivity contribution in [2.75, 3.05) is 0 Å². The number of nitrogens with two attached hydrogens (primary N) is 1. The van der Waals surface area contributed by atoms with Crippen molar-refractivity contribution >= 4 is 39.7 Å². The molecule has 1 aromatic rings. The zero-order valence-corrected chi connectivity index (χ0v) is 15.1. The second kappa shape index (κ2) is 7.48. The van der Waals surface area contributed by atoms with Crippen molar-refractivity contribution in [1.82, 2.24) is 10.6 Å². The van der Waals surface area contributed by atoms with Gasteiger partial charge in [0.2, 0.25) is 15.9 Å². The number of amides is 1. The van der Waals surface area contributed by atoms with Crippen LogP contribution in [0.2, 0.25) is 0 Å². The van der Waals surface area contributed by atoms with Gasteiger partial charge in [0, 0.05) is 10.9 Å². The molecule has 1 aliphatic heterocycles. The molecule has 1 saturated carbocycles. The fraction of sp³-hybridized carbons (Fsp3) is 0.643. The molecule has 2 fully saturated rings. The smallest absolute Gasteiger partial charge is 0.247 e. The Morgan fingerprint density at radius 1 is 1.35 bits per heavy atom.